The van der Waals surface area contributed by atoms with Gasteiger partial charge in [0.1, 0.15) is 6.04 Å². The van der Waals surface area contributed by atoms with Gasteiger partial charge < -0.3 is 9.84 Å². The molecule has 122 valence electrons. The highest BCUT2D eigenvalue weighted by molar-refractivity contribution is 6.30. The van der Waals surface area contributed by atoms with Crippen LogP contribution in [0.25, 0.3) is 11.4 Å². The standard InChI is InChI=1S/C18H16ClN3O2/c1-11-3-5-14(6-4-11)17(23)20-12(2)18-21-16(22-24-18)13-7-9-15(19)10-8-13/h3-10,12H,1-2H3,(H,20,23)/t12-/m1/s1. The van der Waals surface area contributed by atoms with Gasteiger partial charge in [-0.3, -0.25) is 4.79 Å². The van der Waals surface area contributed by atoms with E-state index in [2.05, 4.69) is 15.5 Å². The van der Waals surface area contributed by atoms with E-state index in [-0.39, 0.29) is 5.91 Å². The number of aromatic nitrogens is 2. The topological polar surface area (TPSA) is 68.0 Å². The van der Waals surface area contributed by atoms with Gasteiger partial charge in [0.25, 0.3) is 5.91 Å². The van der Waals surface area contributed by atoms with Gasteiger partial charge in [-0.05, 0) is 50.2 Å². The van der Waals surface area contributed by atoms with Crippen molar-refractivity contribution in [2.75, 3.05) is 0 Å². The summed E-state index contributed by atoms with van der Waals surface area (Å²) < 4.78 is 5.26. The zero-order valence-electron chi connectivity index (χ0n) is 13.3. The number of carbonyl (C=O) groups excluding carboxylic acids is 1. The van der Waals surface area contributed by atoms with Gasteiger partial charge in [0.2, 0.25) is 11.7 Å². The smallest absolute Gasteiger partial charge is 0.251 e. The molecule has 1 atom stereocenters. The van der Waals surface area contributed by atoms with Crippen molar-refractivity contribution in [3.8, 4) is 11.4 Å². The summed E-state index contributed by atoms with van der Waals surface area (Å²) in [6, 6.07) is 14.1. The average molecular weight is 342 g/mol. The molecular formula is C18H16ClN3O2. The van der Waals surface area contributed by atoms with Gasteiger partial charge in [-0.1, -0.05) is 34.5 Å². The molecule has 0 spiro atoms. The molecule has 0 aliphatic carbocycles. The monoisotopic (exact) mass is 341 g/mol. The normalized spacial score (nSPS) is 12.0. The van der Waals surface area contributed by atoms with Crippen molar-refractivity contribution in [1.29, 1.82) is 0 Å². The van der Waals surface area contributed by atoms with Gasteiger partial charge >= 0.3 is 0 Å². The van der Waals surface area contributed by atoms with Crippen molar-refractivity contribution < 1.29 is 9.32 Å². The molecule has 6 heteroatoms. The van der Waals surface area contributed by atoms with Crippen LogP contribution in [0.1, 0.15) is 34.8 Å². The fourth-order valence-corrected chi connectivity index (χ4v) is 2.30. The highest BCUT2D eigenvalue weighted by Gasteiger charge is 2.18. The van der Waals surface area contributed by atoms with Crippen LogP contribution in [0.15, 0.2) is 53.1 Å². The van der Waals surface area contributed by atoms with Gasteiger partial charge in [-0.2, -0.15) is 4.98 Å². The number of rotatable bonds is 4. The number of nitrogens with one attached hydrogen (secondary N) is 1. The second-order valence-electron chi connectivity index (χ2n) is 5.52. The second kappa shape index (κ2) is 6.84. The molecule has 3 aromatic rings. The molecule has 1 amide bonds. The summed E-state index contributed by atoms with van der Waals surface area (Å²) in [5, 5.41) is 7.44. The lowest BCUT2D eigenvalue weighted by molar-refractivity contribution is 0.0932. The Hall–Kier alpha value is -2.66. The lowest BCUT2D eigenvalue weighted by Crippen LogP contribution is -2.26. The molecule has 1 aromatic heterocycles. The van der Waals surface area contributed by atoms with Crippen LogP contribution in [0.2, 0.25) is 5.02 Å². The van der Waals surface area contributed by atoms with Gasteiger partial charge in [0, 0.05) is 16.1 Å². The minimum Gasteiger partial charge on any atom is -0.341 e. The first kappa shape index (κ1) is 16.2. The molecule has 5 nitrogen and oxygen atoms in total. The minimum absolute atomic E-state index is 0.186. The number of amides is 1. The second-order valence-corrected chi connectivity index (χ2v) is 5.96. The Balaban J connectivity index is 1.71. The third-order valence-electron chi connectivity index (χ3n) is 3.58. The number of aryl methyl sites for hydroxylation is 1. The minimum atomic E-state index is -0.396. The first-order valence-electron chi connectivity index (χ1n) is 7.50. The van der Waals surface area contributed by atoms with E-state index in [4.69, 9.17) is 16.1 Å². The van der Waals surface area contributed by atoms with Gasteiger partial charge in [-0.15, -0.1) is 0 Å². The van der Waals surface area contributed by atoms with Crippen molar-refractivity contribution >= 4 is 17.5 Å². The third kappa shape index (κ3) is 3.63. The number of halogens is 1. The van der Waals surface area contributed by atoms with E-state index < -0.39 is 6.04 Å². The van der Waals surface area contributed by atoms with Crippen molar-refractivity contribution in [2.45, 2.75) is 19.9 Å². The zero-order valence-corrected chi connectivity index (χ0v) is 14.0. The number of benzene rings is 2. The number of nitrogens with zero attached hydrogens (tertiary/aromatic N) is 2. The molecule has 0 unspecified atom stereocenters. The first-order chi connectivity index (χ1) is 11.5. The van der Waals surface area contributed by atoms with Crippen LogP contribution in [-0.2, 0) is 0 Å². The van der Waals surface area contributed by atoms with Gasteiger partial charge in [0.05, 0.1) is 0 Å². The molecule has 0 bridgehead atoms. The SMILES string of the molecule is Cc1ccc(C(=O)N[C@H](C)c2nc(-c3ccc(Cl)cc3)no2)cc1. The highest BCUT2D eigenvalue weighted by atomic mass is 35.5. The Bertz CT molecular complexity index is 841. The molecule has 1 N–H and O–H groups in total. The molecule has 2 aromatic carbocycles. The Labute approximate surface area is 144 Å². The van der Waals surface area contributed by atoms with E-state index >= 15 is 0 Å². The fourth-order valence-electron chi connectivity index (χ4n) is 2.17. The molecule has 0 aliphatic rings. The number of hydrogen-bond donors (Lipinski definition) is 1. The maximum absolute atomic E-state index is 12.2. The predicted molar refractivity (Wildman–Crippen MR) is 91.8 cm³/mol. The van der Waals surface area contributed by atoms with Crippen molar-refractivity contribution in [3.63, 3.8) is 0 Å². The molecule has 0 radical (unpaired) electrons. The summed E-state index contributed by atoms with van der Waals surface area (Å²) in [5.74, 6) is 0.618. The Morgan fingerprint density at radius 2 is 1.79 bits per heavy atom. The van der Waals surface area contributed by atoms with E-state index in [0.29, 0.717) is 22.3 Å². The Morgan fingerprint density at radius 1 is 1.12 bits per heavy atom. The maximum Gasteiger partial charge on any atom is 0.251 e. The summed E-state index contributed by atoms with van der Waals surface area (Å²) in [6.07, 6.45) is 0. The van der Waals surface area contributed by atoms with Crippen molar-refractivity contribution in [1.82, 2.24) is 15.5 Å². The first-order valence-corrected chi connectivity index (χ1v) is 7.88. The van der Waals surface area contributed by atoms with Crippen LogP contribution in [0.3, 0.4) is 0 Å². The van der Waals surface area contributed by atoms with Crippen molar-refractivity contribution in [2.24, 2.45) is 0 Å². The van der Waals surface area contributed by atoms with Crippen LogP contribution in [0.4, 0.5) is 0 Å². The fraction of sp³-hybridized carbons (Fsp3) is 0.167. The lowest BCUT2D eigenvalue weighted by atomic mass is 10.1. The molecule has 0 saturated carbocycles. The average Bonchev–Trinajstić information content (AvgIpc) is 3.06. The summed E-state index contributed by atoms with van der Waals surface area (Å²) >= 11 is 5.87. The Kier molecular flexibility index (Phi) is 4.62. The van der Waals surface area contributed by atoms with Crippen LogP contribution in [0, 0.1) is 6.92 Å². The quantitative estimate of drug-likeness (QED) is 0.772. The summed E-state index contributed by atoms with van der Waals surface area (Å²) in [6.45, 7) is 3.77. The van der Waals surface area contributed by atoms with Gasteiger partial charge in [-0.25, -0.2) is 0 Å². The Morgan fingerprint density at radius 3 is 2.46 bits per heavy atom. The molecule has 0 saturated heterocycles. The van der Waals surface area contributed by atoms with E-state index in [1.54, 1.807) is 31.2 Å². The molecular weight excluding hydrogens is 326 g/mol. The summed E-state index contributed by atoms with van der Waals surface area (Å²) in [4.78, 5) is 16.6. The molecule has 24 heavy (non-hydrogen) atoms. The summed E-state index contributed by atoms with van der Waals surface area (Å²) in [5.41, 5.74) is 2.49. The number of hydrogen-bond acceptors (Lipinski definition) is 4. The summed E-state index contributed by atoms with van der Waals surface area (Å²) in [7, 11) is 0. The van der Waals surface area contributed by atoms with Crippen LogP contribution in [-0.4, -0.2) is 16.0 Å². The van der Waals surface area contributed by atoms with E-state index in [9.17, 15) is 4.79 Å². The predicted octanol–water partition coefficient (Wildman–Crippen LogP) is 4.19. The lowest BCUT2D eigenvalue weighted by Gasteiger charge is -2.09. The third-order valence-corrected chi connectivity index (χ3v) is 3.83. The molecule has 0 fully saturated rings. The van der Waals surface area contributed by atoms with Crippen LogP contribution >= 0.6 is 11.6 Å². The zero-order chi connectivity index (χ0) is 17.1. The molecule has 1 heterocycles. The van der Waals surface area contributed by atoms with Crippen LogP contribution in [0.5, 0.6) is 0 Å². The number of carbonyl (C=O) groups is 1. The van der Waals surface area contributed by atoms with E-state index in [0.717, 1.165) is 11.1 Å². The molecule has 3 rings (SSSR count). The van der Waals surface area contributed by atoms with Gasteiger partial charge in [0.15, 0.2) is 0 Å². The van der Waals surface area contributed by atoms with Crippen molar-refractivity contribution in [3.05, 3.63) is 70.6 Å². The van der Waals surface area contributed by atoms with E-state index in [1.807, 2.05) is 31.2 Å². The van der Waals surface area contributed by atoms with Crippen LogP contribution < -0.4 is 5.32 Å². The highest BCUT2D eigenvalue weighted by Crippen LogP contribution is 2.20. The largest absolute Gasteiger partial charge is 0.341 e. The van der Waals surface area contributed by atoms with E-state index in [1.165, 1.54) is 0 Å². The molecule has 0 aliphatic heterocycles. The maximum atomic E-state index is 12.2.